The molecule has 0 radical (unpaired) electrons. The van der Waals surface area contributed by atoms with E-state index in [1.165, 1.54) is 6.92 Å². The van der Waals surface area contributed by atoms with Crippen molar-refractivity contribution in [1.29, 1.82) is 0 Å². The van der Waals surface area contributed by atoms with Crippen LogP contribution in [0.4, 0.5) is 0 Å². The largest absolute Gasteiger partial charge is 0.393 e. The number of rotatable bonds is 7. The van der Waals surface area contributed by atoms with E-state index in [1.54, 1.807) is 6.92 Å². The van der Waals surface area contributed by atoms with Gasteiger partial charge in [-0.1, -0.05) is 6.92 Å². The standard InChI is InChI=1S/C12H26N2O3/c1-6-11(3,4)14-10(16)9(2)13-7-12(5,17)8-15/h9,13,15,17H,6-8H2,1-5H3,(H,14,16). The number of carbonyl (C=O) groups is 1. The molecular formula is C12H26N2O3. The van der Waals surface area contributed by atoms with Crippen molar-refractivity contribution >= 4 is 5.91 Å². The molecule has 1 amide bonds. The SMILES string of the molecule is CCC(C)(C)NC(=O)C(C)NCC(C)(O)CO. The quantitative estimate of drug-likeness (QED) is 0.510. The Kier molecular flexibility index (Phi) is 6.09. The molecule has 5 nitrogen and oxygen atoms in total. The first-order chi connectivity index (χ1) is 7.63. The van der Waals surface area contributed by atoms with E-state index in [4.69, 9.17) is 5.11 Å². The molecule has 0 aromatic carbocycles. The van der Waals surface area contributed by atoms with E-state index < -0.39 is 11.6 Å². The van der Waals surface area contributed by atoms with E-state index in [1.807, 2.05) is 20.8 Å². The van der Waals surface area contributed by atoms with Gasteiger partial charge >= 0.3 is 0 Å². The van der Waals surface area contributed by atoms with E-state index in [9.17, 15) is 9.90 Å². The first-order valence-electron chi connectivity index (χ1n) is 6.02. The fraction of sp³-hybridized carbons (Fsp3) is 0.917. The van der Waals surface area contributed by atoms with Crippen LogP contribution in [0.3, 0.4) is 0 Å². The van der Waals surface area contributed by atoms with Gasteiger partial charge in [0.25, 0.3) is 0 Å². The highest BCUT2D eigenvalue weighted by Crippen LogP contribution is 2.07. The van der Waals surface area contributed by atoms with Gasteiger partial charge in [0, 0.05) is 12.1 Å². The zero-order valence-corrected chi connectivity index (χ0v) is 11.5. The van der Waals surface area contributed by atoms with Crippen LogP contribution in [0.15, 0.2) is 0 Å². The van der Waals surface area contributed by atoms with Crippen molar-refractivity contribution in [1.82, 2.24) is 10.6 Å². The minimum atomic E-state index is -1.20. The molecule has 0 fully saturated rings. The lowest BCUT2D eigenvalue weighted by Crippen LogP contribution is -2.53. The fourth-order valence-corrected chi connectivity index (χ4v) is 1.05. The summed E-state index contributed by atoms with van der Waals surface area (Å²) in [4.78, 5) is 11.8. The lowest BCUT2D eigenvalue weighted by atomic mass is 10.0. The molecule has 4 N–H and O–H groups in total. The van der Waals surface area contributed by atoms with Crippen LogP contribution in [0.1, 0.15) is 41.0 Å². The van der Waals surface area contributed by atoms with Gasteiger partial charge < -0.3 is 20.8 Å². The maximum absolute atomic E-state index is 11.8. The Hall–Kier alpha value is -0.650. The third-order valence-electron chi connectivity index (χ3n) is 2.87. The summed E-state index contributed by atoms with van der Waals surface area (Å²) in [5.74, 6) is -0.106. The van der Waals surface area contributed by atoms with E-state index in [2.05, 4.69) is 10.6 Å². The number of aliphatic hydroxyl groups is 2. The molecule has 0 aromatic heterocycles. The molecule has 0 spiro atoms. The maximum atomic E-state index is 11.8. The Labute approximate surface area is 104 Å². The van der Waals surface area contributed by atoms with Gasteiger partial charge in [-0.15, -0.1) is 0 Å². The zero-order chi connectivity index (χ0) is 13.7. The molecule has 0 aliphatic rings. The zero-order valence-electron chi connectivity index (χ0n) is 11.5. The van der Waals surface area contributed by atoms with Crippen LogP contribution in [-0.2, 0) is 4.79 Å². The van der Waals surface area contributed by atoms with Crippen molar-refractivity contribution in [2.24, 2.45) is 0 Å². The number of nitrogens with one attached hydrogen (secondary N) is 2. The van der Waals surface area contributed by atoms with Crippen LogP contribution in [0.2, 0.25) is 0 Å². The van der Waals surface area contributed by atoms with E-state index in [0.29, 0.717) is 0 Å². The van der Waals surface area contributed by atoms with Crippen molar-refractivity contribution in [2.75, 3.05) is 13.2 Å². The number of carbonyl (C=O) groups excluding carboxylic acids is 1. The third kappa shape index (κ3) is 6.61. The number of aliphatic hydroxyl groups excluding tert-OH is 1. The topological polar surface area (TPSA) is 81.6 Å². The van der Waals surface area contributed by atoms with Gasteiger partial charge in [0.2, 0.25) is 5.91 Å². The average Bonchev–Trinajstić information content (AvgIpc) is 2.25. The summed E-state index contributed by atoms with van der Waals surface area (Å²) in [6.45, 7) is 9.01. The van der Waals surface area contributed by atoms with Crippen LogP contribution in [0.5, 0.6) is 0 Å². The van der Waals surface area contributed by atoms with Gasteiger partial charge in [-0.3, -0.25) is 4.79 Å². The second kappa shape index (κ2) is 6.33. The normalized spacial score (nSPS) is 17.4. The van der Waals surface area contributed by atoms with Crippen molar-refractivity contribution in [2.45, 2.75) is 58.2 Å². The molecule has 0 heterocycles. The van der Waals surface area contributed by atoms with Crippen LogP contribution in [0.25, 0.3) is 0 Å². The van der Waals surface area contributed by atoms with Gasteiger partial charge in [0.1, 0.15) is 0 Å². The number of amides is 1. The van der Waals surface area contributed by atoms with Crippen LogP contribution in [-0.4, -0.2) is 46.5 Å². The highest BCUT2D eigenvalue weighted by atomic mass is 16.3. The number of hydrogen-bond donors (Lipinski definition) is 4. The van der Waals surface area contributed by atoms with Crippen LogP contribution >= 0.6 is 0 Å². The smallest absolute Gasteiger partial charge is 0.237 e. The molecule has 102 valence electrons. The van der Waals surface area contributed by atoms with Crippen molar-refractivity contribution in [3.63, 3.8) is 0 Å². The Balaban J connectivity index is 4.16. The van der Waals surface area contributed by atoms with Crippen molar-refractivity contribution in [3.8, 4) is 0 Å². The Bertz CT molecular complexity index is 252. The molecule has 2 unspecified atom stereocenters. The first kappa shape index (κ1) is 16.4. The minimum Gasteiger partial charge on any atom is -0.393 e. The van der Waals surface area contributed by atoms with Crippen LogP contribution < -0.4 is 10.6 Å². The van der Waals surface area contributed by atoms with Gasteiger partial charge in [-0.25, -0.2) is 0 Å². The molecular weight excluding hydrogens is 220 g/mol. The lowest BCUT2D eigenvalue weighted by molar-refractivity contribution is -0.124. The van der Waals surface area contributed by atoms with E-state index in [-0.39, 0.29) is 24.6 Å². The number of hydrogen-bond acceptors (Lipinski definition) is 4. The van der Waals surface area contributed by atoms with Gasteiger partial charge in [0.15, 0.2) is 0 Å². The average molecular weight is 246 g/mol. The van der Waals surface area contributed by atoms with E-state index in [0.717, 1.165) is 6.42 Å². The third-order valence-corrected chi connectivity index (χ3v) is 2.87. The molecule has 0 aliphatic carbocycles. The monoisotopic (exact) mass is 246 g/mol. The summed E-state index contributed by atoms with van der Waals surface area (Å²) in [7, 11) is 0. The Morgan fingerprint density at radius 1 is 1.35 bits per heavy atom. The van der Waals surface area contributed by atoms with Gasteiger partial charge in [-0.05, 0) is 34.1 Å². The summed E-state index contributed by atoms with van der Waals surface area (Å²) in [5, 5.41) is 24.3. The Morgan fingerprint density at radius 3 is 2.29 bits per heavy atom. The molecule has 0 bridgehead atoms. The Morgan fingerprint density at radius 2 is 1.88 bits per heavy atom. The van der Waals surface area contributed by atoms with Gasteiger partial charge in [-0.2, -0.15) is 0 Å². The summed E-state index contributed by atoms with van der Waals surface area (Å²) in [6.07, 6.45) is 0.847. The maximum Gasteiger partial charge on any atom is 0.237 e. The summed E-state index contributed by atoms with van der Waals surface area (Å²) >= 11 is 0. The van der Waals surface area contributed by atoms with Gasteiger partial charge in [0.05, 0.1) is 18.2 Å². The molecule has 0 aromatic rings. The molecule has 5 heteroatoms. The molecule has 0 aliphatic heterocycles. The summed E-state index contributed by atoms with van der Waals surface area (Å²) in [6, 6.07) is -0.404. The minimum absolute atomic E-state index is 0.106. The summed E-state index contributed by atoms with van der Waals surface area (Å²) in [5.41, 5.74) is -1.43. The molecule has 0 saturated carbocycles. The molecule has 0 saturated heterocycles. The molecule has 17 heavy (non-hydrogen) atoms. The predicted octanol–water partition coefficient (Wildman–Crippen LogP) is 0.0126. The highest BCUT2D eigenvalue weighted by Gasteiger charge is 2.24. The summed E-state index contributed by atoms with van der Waals surface area (Å²) < 4.78 is 0. The fourth-order valence-electron chi connectivity index (χ4n) is 1.05. The first-order valence-corrected chi connectivity index (χ1v) is 6.02. The van der Waals surface area contributed by atoms with Crippen LogP contribution in [0, 0.1) is 0 Å². The van der Waals surface area contributed by atoms with Crippen molar-refractivity contribution < 1.29 is 15.0 Å². The highest BCUT2D eigenvalue weighted by molar-refractivity contribution is 5.81. The lowest BCUT2D eigenvalue weighted by Gasteiger charge is -2.28. The second-order valence-corrected chi connectivity index (χ2v) is 5.48. The molecule has 0 rings (SSSR count). The van der Waals surface area contributed by atoms with Crippen molar-refractivity contribution in [3.05, 3.63) is 0 Å². The molecule has 2 atom stereocenters. The predicted molar refractivity (Wildman–Crippen MR) is 67.7 cm³/mol. The van der Waals surface area contributed by atoms with E-state index >= 15 is 0 Å². The second-order valence-electron chi connectivity index (χ2n) is 5.48.